The van der Waals surface area contributed by atoms with Gasteiger partial charge in [-0.3, -0.25) is 0 Å². The van der Waals surface area contributed by atoms with E-state index in [1.54, 1.807) is 18.3 Å². The predicted octanol–water partition coefficient (Wildman–Crippen LogP) is 3.64. The molecule has 3 nitrogen and oxygen atoms in total. The summed E-state index contributed by atoms with van der Waals surface area (Å²) in [7, 11) is 0. The fourth-order valence-electron chi connectivity index (χ4n) is 1.57. The number of nitrogens with one attached hydrogen (secondary N) is 1. The Bertz CT molecular complexity index is 553. The SMILES string of the molecule is Cc1cnc(NCc2ccc(C(F)F)cc2)nc1C. The van der Waals surface area contributed by atoms with Crippen LogP contribution < -0.4 is 5.32 Å². The van der Waals surface area contributed by atoms with Gasteiger partial charge >= 0.3 is 0 Å². The van der Waals surface area contributed by atoms with E-state index in [-0.39, 0.29) is 5.56 Å². The van der Waals surface area contributed by atoms with Crippen LogP contribution in [0.4, 0.5) is 14.7 Å². The van der Waals surface area contributed by atoms with Gasteiger partial charge in [-0.1, -0.05) is 24.3 Å². The smallest absolute Gasteiger partial charge is 0.263 e. The zero-order chi connectivity index (χ0) is 13.8. The normalized spacial score (nSPS) is 10.8. The molecule has 2 rings (SSSR count). The maximum Gasteiger partial charge on any atom is 0.263 e. The summed E-state index contributed by atoms with van der Waals surface area (Å²) in [5, 5.41) is 3.07. The first-order chi connectivity index (χ1) is 9.06. The highest BCUT2D eigenvalue weighted by Gasteiger charge is 2.06. The lowest BCUT2D eigenvalue weighted by molar-refractivity contribution is 0.151. The number of alkyl halides is 2. The van der Waals surface area contributed by atoms with Gasteiger partial charge in [-0.2, -0.15) is 0 Å². The Morgan fingerprint density at radius 3 is 2.42 bits per heavy atom. The van der Waals surface area contributed by atoms with Crippen molar-refractivity contribution in [3.63, 3.8) is 0 Å². The van der Waals surface area contributed by atoms with E-state index in [1.807, 2.05) is 13.8 Å². The molecule has 1 heterocycles. The lowest BCUT2D eigenvalue weighted by Gasteiger charge is -2.07. The van der Waals surface area contributed by atoms with E-state index in [9.17, 15) is 8.78 Å². The van der Waals surface area contributed by atoms with E-state index in [1.165, 1.54) is 12.1 Å². The van der Waals surface area contributed by atoms with Crippen LogP contribution in [0.15, 0.2) is 30.5 Å². The second kappa shape index (κ2) is 5.73. The van der Waals surface area contributed by atoms with Gasteiger partial charge in [-0.15, -0.1) is 0 Å². The molecule has 19 heavy (non-hydrogen) atoms. The molecule has 0 atom stereocenters. The van der Waals surface area contributed by atoms with Crippen LogP contribution in [-0.4, -0.2) is 9.97 Å². The van der Waals surface area contributed by atoms with Crippen LogP contribution in [0.2, 0.25) is 0 Å². The Morgan fingerprint density at radius 2 is 1.84 bits per heavy atom. The van der Waals surface area contributed by atoms with Crippen molar-refractivity contribution in [3.05, 3.63) is 52.8 Å². The molecular formula is C14H15F2N3. The average molecular weight is 263 g/mol. The van der Waals surface area contributed by atoms with Crippen molar-refractivity contribution in [2.45, 2.75) is 26.8 Å². The molecule has 5 heteroatoms. The zero-order valence-corrected chi connectivity index (χ0v) is 10.8. The first kappa shape index (κ1) is 13.4. The summed E-state index contributed by atoms with van der Waals surface area (Å²) in [6.45, 7) is 4.37. The van der Waals surface area contributed by atoms with Crippen LogP contribution in [0.5, 0.6) is 0 Å². The lowest BCUT2D eigenvalue weighted by Crippen LogP contribution is -2.05. The molecule has 1 aromatic carbocycles. The first-order valence-electron chi connectivity index (χ1n) is 5.97. The third kappa shape index (κ3) is 3.47. The number of rotatable bonds is 4. The molecule has 0 amide bonds. The molecule has 0 aliphatic carbocycles. The Hall–Kier alpha value is -2.04. The molecule has 0 aliphatic heterocycles. The van der Waals surface area contributed by atoms with Crippen LogP contribution in [0, 0.1) is 13.8 Å². The fraction of sp³-hybridized carbons (Fsp3) is 0.286. The van der Waals surface area contributed by atoms with E-state index in [0.717, 1.165) is 16.8 Å². The number of nitrogens with zero attached hydrogens (tertiary/aromatic N) is 2. The number of hydrogen-bond donors (Lipinski definition) is 1. The summed E-state index contributed by atoms with van der Waals surface area (Å²) in [5.41, 5.74) is 2.90. The molecule has 0 radical (unpaired) electrons. The number of halogens is 2. The van der Waals surface area contributed by atoms with Gasteiger partial charge in [0.2, 0.25) is 5.95 Å². The Labute approximate surface area is 110 Å². The average Bonchev–Trinajstić information content (AvgIpc) is 2.40. The standard InChI is InChI=1S/C14H15F2N3/c1-9-7-17-14(19-10(9)2)18-8-11-3-5-12(6-4-11)13(15)16/h3-7,13H,8H2,1-2H3,(H,17,18,19). The van der Waals surface area contributed by atoms with E-state index >= 15 is 0 Å². The van der Waals surface area contributed by atoms with Crippen LogP contribution in [0.3, 0.4) is 0 Å². The van der Waals surface area contributed by atoms with Crippen LogP contribution in [0.1, 0.15) is 28.8 Å². The molecule has 0 aliphatic rings. The van der Waals surface area contributed by atoms with Crippen molar-refractivity contribution in [2.24, 2.45) is 0 Å². The highest BCUT2D eigenvalue weighted by atomic mass is 19.3. The highest BCUT2D eigenvalue weighted by molar-refractivity contribution is 5.31. The molecule has 0 spiro atoms. The first-order valence-corrected chi connectivity index (χ1v) is 5.97. The Balaban J connectivity index is 2.00. The minimum Gasteiger partial charge on any atom is -0.350 e. The Morgan fingerprint density at radius 1 is 1.16 bits per heavy atom. The molecule has 1 aromatic heterocycles. The van der Waals surface area contributed by atoms with Gasteiger partial charge in [0.15, 0.2) is 0 Å². The summed E-state index contributed by atoms with van der Waals surface area (Å²) >= 11 is 0. The molecule has 100 valence electrons. The van der Waals surface area contributed by atoms with Gasteiger partial charge in [0.1, 0.15) is 0 Å². The van der Waals surface area contributed by atoms with Crippen LogP contribution >= 0.6 is 0 Å². The summed E-state index contributed by atoms with van der Waals surface area (Å²) < 4.78 is 24.8. The number of aromatic nitrogens is 2. The van der Waals surface area contributed by atoms with E-state index < -0.39 is 6.43 Å². The second-order valence-electron chi connectivity index (χ2n) is 4.36. The molecule has 0 bridgehead atoms. The topological polar surface area (TPSA) is 37.8 Å². The quantitative estimate of drug-likeness (QED) is 0.915. The van der Waals surface area contributed by atoms with Gasteiger partial charge in [0.05, 0.1) is 0 Å². The van der Waals surface area contributed by atoms with E-state index in [0.29, 0.717) is 12.5 Å². The fourth-order valence-corrected chi connectivity index (χ4v) is 1.57. The van der Waals surface area contributed by atoms with E-state index in [4.69, 9.17) is 0 Å². The maximum absolute atomic E-state index is 12.4. The number of hydrogen-bond acceptors (Lipinski definition) is 3. The van der Waals surface area contributed by atoms with Gasteiger partial charge < -0.3 is 5.32 Å². The summed E-state index contributed by atoms with van der Waals surface area (Å²) in [5.74, 6) is 0.543. The van der Waals surface area contributed by atoms with Gasteiger partial charge in [-0.25, -0.2) is 18.7 Å². The van der Waals surface area contributed by atoms with Crippen LogP contribution in [0.25, 0.3) is 0 Å². The van der Waals surface area contributed by atoms with Gasteiger partial charge in [0, 0.05) is 24.0 Å². The van der Waals surface area contributed by atoms with Crippen molar-refractivity contribution >= 4 is 5.95 Å². The predicted molar refractivity (Wildman–Crippen MR) is 70.2 cm³/mol. The van der Waals surface area contributed by atoms with Crippen LogP contribution in [-0.2, 0) is 6.54 Å². The third-order valence-electron chi connectivity index (χ3n) is 2.91. The zero-order valence-electron chi connectivity index (χ0n) is 10.8. The minimum absolute atomic E-state index is 0.0335. The number of anilines is 1. The monoisotopic (exact) mass is 263 g/mol. The van der Waals surface area contributed by atoms with Crippen molar-refractivity contribution in [2.75, 3.05) is 5.32 Å². The maximum atomic E-state index is 12.4. The van der Waals surface area contributed by atoms with Crippen molar-refractivity contribution < 1.29 is 8.78 Å². The molecule has 0 fully saturated rings. The molecule has 1 N–H and O–H groups in total. The molecular weight excluding hydrogens is 248 g/mol. The van der Waals surface area contributed by atoms with E-state index in [2.05, 4.69) is 15.3 Å². The summed E-state index contributed by atoms with van der Waals surface area (Å²) in [4.78, 5) is 8.45. The lowest BCUT2D eigenvalue weighted by atomic mass is 10.1. The number of aryl methyl sites for hydroxylation is 2. The summed E-state index contributed by atoms with van der Waals surface area (Å²) in [6.07, 6.45) is -0.671. The van der Waals surface area contributed by atoms with Gasteiger partial charge in [0.25, 0.3) is 6.43 Å². The van der Waals surface area contributed by atoms with Gasteiger partial charge in [-0.05, 0) is 25.0 Å². The summed E-state index contributed by atoms with van der Waals surface area (Å²) in [6, 6.07) is 6.22. The number of benzene rings is 1. The Kier molecular flexibility index (Phi) is 4.04. The van der Waals surface area contributed by atoms with Crippen molar-refractivity contribution in [1.82, 2.24) is 9.97 Å². The minimum atomic E-state index is -2.43. The molecule has 2 aromatic rings. The highest BCUT2D eigenvalue weighted by Crippen LogP contribution is 2.18. The third-order valence-corrected chi connectivity index (χ3v) is 2.91. The molecule has 0 unspecified atom stereocenters. The van der Waals surface area contributed by atoms with Crippen molar-refractivity contribution in [1.29, 1.82) is 0 Å². The second-order valence-corrected chi connectivity index (χ2v) is 4.36. The molecule has 0 saturated carbocycles. The molecule has 0 saturated heterocycles. The largest absolute Gasteiger partial charge is 0.350 e. The van der Waals surface area contributed by atoms with Crippen molar-refractivity contribution in [3.8, 4) is 0 Å².